The molecule has 1 atom stereocenters. The van der Waals surface area contributed by atoms with Crippen molar-refractivity contribution in [2.75, 3.05) is 13.7 Å². The molecule has 5 rings (SSSR count). The number of rotatable bonds is 8. The number of amides is 1. The lowest BCUT2D eigenvalue weighted by molar-refractivity contribution is -0.149. The third-order valence-electron chi connectivity index (χ3n) is 8.50. The first-order valence-electron chi connectivity index (χ1n) is 13.4. The highest BCUT2D eigenvalue weighted by atomic mass is 19.1. The number of carbonyl (C=O) groups is 3. The summed E-state index contributed by atoms with van der Waals surface area (Å²) in [6.07, 6.45) is 3.29. The van der Waals surface area contributed by atoms with Crippen LogP contribution in [0.2, 0.25) is 0 Å². The maximum Gasteiger partial charge on any atom is 0.303 e. The summed E-state index contributed by atoms with van der Waals surface area (Å²) < 4.78 is 20.4. The van der Waals surface area contributed by atoms with Crippen LogP contribution >= 0.6 is 0 Å². The van der Waals surface area contributed by atoms with Crippen molar-refractivity contribution in [3.8, 4) is 0 Å². The number of hydrogen-bond acceptors (Lipinski definition) is 5. The van der Waals surface area contributed by atoms with Crippen LogP contribution in [0, 0.1) is 17.7 Å². The van der Waals surface area contributed by atoms with Gasteiger partial charge in [-0.1, -0.05) is 26.0 Å². The Balaban J connectivity index is 1.42. The number of methoxy groups -OCH3 is 1. The molecule has 0 spiro atoms. The molecule has 0 saturated heterocycles. The van der Waals surface area contributed by atoms with Crippen LogP contribution in [0.3, 0.4) is 0 Å². The number of aryl methyl sites for hydroxylation is 1. The van der Waals surface area contributed by atoms with Gasteiger partial charge in [-0.05, 0) is 65.8 Å². The minimum absolute atomic E-state index is 0.00964. The van der Waals surface area contributed by atoms with Gasteiger partial charge >= 0.3 is 5.97 Å². The number of carbonyl (C=O) groups excluding carboxylic acids is 2. The van der Waals surface area contributed by atoms with Gasteiger partial charge in [0.25, 0.3) is 0 Å². The molecular weight excluding hydrogens is 487 g/mol. The zero-order chi connectivity index (χ0) is 27.2. The van der Waals surface area contributed by atoms with Crippen molar-refractivity contribution in [3.63, 3.8) is 0 Å². The van der Waals surface area contributed by atoms with Crippen molar-refractivity contribution in [2.24, 2.45) is 11.8 Å². The minimum Gasteiger partial charge on any atom is -0.481 e. The number of halogens is 1. The van der Waals surface area contributed by atoms with Gasteiger partial charge < -0.3 is 14.7 Å². The molecule has 2 aliphatic carbocycles. The van der Waals surface area contributed by atoms with Crippen molar-refractivity contribution in [3.05, 3.63) is 63.7 Å². The largest absolute Gasteiger partial charge is 0.481 e. The molecule has 0 unspecified atom stereocenters. The van der Waals surface area contributed by atoms with E-state index in [1.807, 2.05) is 32.0 Å². The predicted octanol–water partition coefficient (Wildman–Crippen LogP) is 4.33. The van der Waals surface area contributed by atoms with Crippen LogP contribution in [0.15, 0.2) is 24.3 Å². The van der Waals surface area contributed by atoms with E-state index in [0.717, 1.165) is 35.4 Å². The molecule has 2 aromatic rings. The lowest BCUT2D eigenvalue weighted by Crippen LogP contribution is -2.49. The molecule has 1 aromatic carbocycles. The highest BCUT2D eigenvalue weighted by Crippen LogP contribution is 2.42. The smallest absolute Gasteiger partial charge is 0.303 e. The fraction of sp³-hybridized carbons (Fsp3) is 0.533. The molecule has 202 valence electrons. The number of aliphatic carboxylic acids is 1. The molecule has 0 radical (unpaired) electrons. The van der Waals surface area contributed by atoms with E-state index >= 15 is 4.39 Å². The Hall–Kier alpha value is -3.13. The zero-order valence-electron chi connectivity index (χ0n) is 22.3. The third kappa shape index (κ3) is 4.98. The minimum atomic E-state index is -0.858. The van der Waals surface area contributed by atoms with Crippen LogP contribution in [0.5, 0.6) is 0 Å². The Morgan fingerprint density at radius 1 is 1.18 bits per heavy atom. The average Bonchev–Trinajstić information content (AvgIpc) is 3.14. The van der Waals surface area contributed by atoms with Gasteiger partial charge in [0.1, 0.15) is 11.9 Å². The summed E-state index contributed by atoms with van der Waals surface area (Å²) in [4.78, 5) is 44.9. The van der Waals surface area contributed by atoms with Crippen LogP contribution in [0.25, 0.3) is 0 Å². The number of aromatic nitrogens is 1. The van der Waals surface area contributed by atoms with Gasteiger partial charge in [0.15, 0.2) is 5.78 Å². The topological polar surface area (TPSA) is 96.8 Å². The first-order valence-corrected chi connectivity index (χ1v) is 13.4. The number of hydrogen-bond donors (Lipinski definition) is 1. The Labute approximate surface area is 222 Å². The molecule has 0 bridgehead atoms. The number of ketones is 1. The molecule has 1 aromatic heterocycles. The summed E-state index contributed by atoms with van der Waals surface area (Å²) in [5.74, 6) is -1.70. The third-order valence-corrected chi connectivity index (χ3v) is 8.50. The summed E-state index contributed by atoms with van der Waals surface area (Å²) >= 11 is 0. The number of Topliss-reactive ketones (excluding diaryl/α,β-unsaturated/α-hetero) is 1. The van der Waals surface area contributed by atoms with E-state index in [1.54, 1.807) is 12.0 Å². The molecule has 1 saturated carbocycles. The molecule has 1 fully saturated rings. The molecule has 3 aliphatic rings. The highest BCUT2D eigenvalue weighted by molar-refractivity contribution is 5.93. The monoisotopic (exact) mass is 522 g/mol. The van der Waals surface area contributed by atoms with E-state index < -0.39 is 12.0 Å². The second-order valence-electron chi connectivity index (χ2n) is 11.7. The molecule has 8 heteroatoms. The van der Waals surface area contributed by atoms with Gasteiger partial charge in [-0.25, -0.2) is 4.39 Å². The van der Waals surface area contributed by atoms with Crippen molar-refractivity contribution in [2.45, 2.75) is 76.9 Å². The number of benzene rings is 1. The van der Waals surface area contributed by atoms with Gasteiger partial charge in [0.05, 0.1) is 12.3 Å². The number of nitrogens with zero attached hydrogens (tertiary/aromatic N) is 2. The molecule has 2 heterocycles. The van der Waals surface area contributed by atoms with E-state index in [9.17, 15) is 14.4 Å². The quantitative estimate of drug-likeness (QED) is 0.554. The maximum atomic E-state index is 15.1. The molecule has 1 N–H and O–H groups in total. The van der Waals surface area contributed by atoms with Crippen molar-refractivity contribution in [1.29, 1.82) is 0 Å². The average molecular weight is 523 g/mol. The van der Waals surface area contributed by atoms with Gasteiger partial charge in [-0.15, -0.1) is 0 Å². The van der Waals surface area contributed by atoms with Crippen molar-refractivity contribution in [1.82, 2.24) is 9.88 Å². The molecule has 1 aliphatic heterocycles. The Bertz CT molecular complexity index is 1280. The van der Waals surface area contributed by atoms with Gasteiger partial charge in [-0.3, -0.25) is 19.4 Å². The summed E-state index contributed by atoms with van der Waals surface area (Å²) in [5.41, 5.74) is 4.35. The summed E-state index contributed by atoms with van der Waals surface area (Å²) in [5, 5.41) is 9.07. The number of pyridine rings is 1. The van der Waals surface area contributed by atoms with Gasteiger partial charge in [0, 0.05) is 50.1 Å². The SMILES string of the molecule is COCc1ccc2c(n1)CCN(C(=O)C1CC(CC(=O)O)C1)[C@H]2C(=O)Cc1cc(F)c2c(c1)CCC2(C)C. The Kier molecular flexibility index (Phi) is 7.11. The number of carboxylic acid groups (broad SMARTS) is 1. The predicted molar refractivity (Wildman–Crippen MR) is 138 cm³/mol. The van der Waals surface area contributed by atoms with Crippen molar-refractivity contribution < 1.29 is 28.6 Å². The Morgan fingerprint density at radius 2 is 1.95 bits per heavy atom. The molecule has 38 heavy (non-hydrogen) atoms. The lowest BCUT2D eigenvalue weighted by Gasteiger charge is -2.42. The number of fused-ring (bicyclic) bond motifs is 2. The summed E-state index contributed by atoms with van der Waals surface area (Å²) in [6.45, 7) is 4.80. The standard InChI is InChI=1S/C30H35FN2O5/c1-30(2)8-6-19-10-18(13-23(31)27(19)30)14-25(34)28-22-5-4-21(16-38-3)32-24(22)7-9-33(28)29(37)20-11-17(12-20)15-26(35)36/h4-5,10,13,17,20,28H,6-9,11-12,14-16H2,1-3H3,(H,35,36)/t17?,20?,28-/m1/s1. The maximum absolute atomic E-state index is 15.1. The zero-order valence-corrected chi connectivity index (χ0v) is 22.3. The van der Waals surface area contributed by atoms with E-state index in [2.05, 4.69) is 0 Å². The number of carboxylic acids is 1. The molecule has 7 nitrogen and oxygen atoms in total. The van der Waals surface area contributed by atoms with E-state index in [0.29, 0.717) is 43.5 Å². The van der Waals surface area contributed by atoms with Crippen LogP contribution in [-0.4, -0.2) is 46.3 Å². The molecule has 1 amide bonds. The first-order chi connectivity index (χ1) is 18.1. The summed E-state index contributed by atoms with van der Waals surface area (Å²) in [6, 6.07) is 6.30. The molecular formula is C30H35FN2O5. The van der Waals surface area contributed by atoms with E-state index in [4.69, 9.17) is 14.8 Å². The van der Waals surface area contributed by atoms with Crippen LogP contribution < -0.4 is 0 Å². The first kappa shape index (κ1) is 26.5. The fourth-order valence-electron chi connectivity index (χ4n) is 6.58. The fourth-order valence-corrected chi connectivity index (χ4v) is 6.58. The van der Waals surface area contributed by atoms with E-state index in [1.165, 1.54) is 6.07 Å². The summed E-state index contributed by atoms with van der Waals surface area (Å²) in [7, 11) is 1.60. The van der Waals surface area contributed by atoms with Gasteiger partial charge in [0.2, 0.25) is 5.91 Å². The van der Waals surface area contributed by atoms with E-state index in [-0.39, 0.29) is 47.6 Å². The Morgan fingerprint density at radius 3 is 2.66 bits per heavy atom. The van der Waals surface area contributed by atoms with Crippen LogP contribution in [0.1, 0.15) is 79.2 Å². The van der Waals surface area contributed by atoms with Gasteiger partial charge in [-0.2, -0.15) is 0 Å². The second kappa shape index (κ2) is 10.2. The second-order valence-corrected chi connectivity index (χ2v) is 11.7. The lowest BCUT2D eigenvalue weighted by atomic mass is 9.72. The number of ether oxygens (including phenoxy) is 1. The normalized spacial score (nSPS) is 23.4. The van der Waals surface area contributed by atoms with Crippen molar-refractivity contribution >= 4 is 17.7 Å². The van der Waals surface area contributed by atoms with Crippen LogP contribution in [-0.2, 0) is 50.4 Å². The van der Waals surface area contributed by atoms with Crippen LogP contribution in [0.4, 0.5) is 4.39 Å². The highest BCUT2D eigenvalue weighted by Gasteiger charge is 2.43.